The van der Waals surface area contributed by atoms with Gasteiger partial charge in [-0.15, -0.1) is 0 Å². The van der Waals surface area contributed by atoms with Crippen molar-refractivity contribution in [3.8, 4) is 0 Å². The van der Waals surface area contributed by atoms with Crippen LogP contribution in [0.3, 0.4) is 0 Å². The molecule has 0 aromatic rings. The van der Waals surface area contributed by atoms with Crippen LogP contribution in [0, 0.1) is 11.8 Å². The fraction of sp³-hybridized carbons (Fsp3) is 0.875. The van der Waals surface area contributed by atoms with Crippen molar-refractivity contribution in [3.63, 3.8) is 0 Å². The van der Waals surface area contributed by atoms with Gasteiger partial charge in [-0.1, -0.05) is 13.3 Å². The highest BCUT2D eigenvalue weighted by Crippen LogP contribution is 2.29. The zero-order chi connectivity index (χ0) is 15.4. The van der Waals surface area contributed by atoms with Gasteiger partial charge < -0.3 is 15.3 Å². The van der Waals surface area contributed by atoms with Crippen molar-refractivity contribution in [2.75, 3.05) is 7.05 Å². The summed E-state index contributed by atoms with van der Waals surface area (Å²) >= 11 is 0. The van der Waals surface area contributed by atoms with E-state index in [9.17, 15) is 9.59 Å². The van der Waals surface area contributed by atoms with Gasteiger partial charge in [-0.05, 0) is 50.9 Å². The molecule has 2 aliphatic rings. The number of hydrogen-bond acceptors (Lipinski definition) is 2. The Bertz CT molecular complexity index is 378. The highest BCUT2D eigenvalue weighted by atomic mass is 16.4. The van der Waals surface area contributed by atoms with Gasteiger partial charge >= 0.3 is 12.0 Å². The lowest BCUT2D eigenvalue weighted by Gasteiger charge is -2.35. The molecule has 21 heavy (non-hydrogen) atoms. The molecule has 2 saturated carbocycles. The van der Waals surface area contributed by atoms with Crippen LogP contribution < -0.4 is 5.32 Å². The van der Waals surface area contributed by atoms with Crippen molar-refractivity contribution in [2.45, 2.75) is 70.4 Å². The molecule has 0 radical (unpaired) electrons. The zero-order valence-corrected chi connectivity index (χ0v) is 13.2. The van der Waals surface area contributed by atoms with Crippen LogP contribution in [-0.4, -0.2) is 41.1 Å². The quantitative estimate of drug-likeness (QED) is 0.838. The van der Waals surface area contributed by atoms with Crippen molar-refractivity contribution >= 4 is 12.0 Å². The Hall–Kier alpha value is -1.26. The molecule has 0 aliphatic heterocycles. The van der Waals surface area contributed by atoms with Crippen molar-refractivity contribution in [3.05, 3.63) is 0 Å². The third-order valence-electron chi connectivity index (χ3n) is 5.37. The first-order chi connectivity index (χ1) is 10.0. The smallest absolute Gasteiger partial charge is 0.317 e. The van der Waals surface area contributed by atoms with Crippen molar-refractivity contribution < 1.29 is 14.7 Å². The maximum Gasteiger partial charge on any atom is 0.317 e. The Kier molecular flexibility index (Phi) is 5.48. The minimum Gasteiger partial charge on any atom is -0.481 e. The van der Waals surface area contributed by atoms with E-state index in [4.69, 9.17) is 5.11 Å². The Morgan fingerprint density at radius 3 is 2.33 bits per heavy atom. The summed E-state index contributed by atoms with van der Waals surface area (Å²) < 4.78 is 0. The minimum absolute atomic E-state index is 0.0213. The van der Waals surface area contributed by atoms with Crippen LogP contribution in [0.1, 0.15) is 58.3 Å². The lowest BCUT2D eigenvalue weighted by atomic mass is 9.84. The standard InChI is InChI=1S/C16H28N2O3/c1-3-11-4-8-14(9-5-11)18(2)16(21)17-13-7-6-12(10-13)15(19)20/h11-14H,3-10H2,1-2H3,(H,17,21)(H,19,20)/t11?,12-,13+,14?/m1/s1. The Morgan fingerprint density at radius 1 is 1.14 bits per heavy atom. The summed E-state index contributed by atoms with van der Waals surface area (Å²) in [5.41, 5.74) is 0. The lowest BCUT2D eigenvalue weighted by molar-refractivity contribution is -0.141. The van der Waals surface area contributed by atoms with Crippen LogP contribution in [0.15, 0.2) is 0 Å². The molecule has 2 atom stereocenters. The van der Waals surface area contributed by atoms with Gasteiger partial charge in [0.2, 0.25) is 0 Å². The van der Waals surface area contributed by atoms with E-state index in [0.29, 0.717) is 18.9 Å². The molecule has 0 unspecified atom stereocenters. The SMILES string of the molecule is CCC1CCC(N(C)C(=O)N[C@H]2CC[C@@H](C(=O)O)C2)CC1. The van der Waals surface area contributed by atoms with Crippen LogP contribution in [-0.2, 0) is 4.79 Å². The second-order valence-corrected chi connectivity index (χ2v) is 6.69. The van der Waals surface area contributed by atoms with Crippen molar-refractivity contribution in [1.29, 1.82) is 0 Å². The molecule has 0 saturated heterocycles. The minimum atomic E-state index is -0.738. The van der Waals surface area contributed by atoms with Gasteiger partial charge in [0.15, 0.2) is 0 Å². The van der Waals surface area contributed by atoms with Crippen LogP contribution in [0.25, 0.3) is 0 Å². The normalized spacial score (nSPS) is 32.7. The summed E-state index contributed by atoms with van der Waals surface area (Å²) in [6.07, 6.45) is 7.85. The second kappa shape index (κ2) is 7.14. The number of carboxylic acid groups (broad SMARTS) is 1. The molecule has 2 fully saturated rings. The van der Waals surface area contributed by atoms with Crippen LogP contribution in [0.4, 0.5) is 4.79 Å². The van der Waals surface area contributed by atoms with Gasteiger partial charge in [0, 0.05) is 19.1 Å². The van der Waals surface area contributed by atoms with Gasteiger partial charge in [-0.2, -0.15) is 0 Å². The summed E-state index contributed by atoms with van der Waals surface area (Å²) in [6, 6.07) is 0.323. The number of nitrogens with one attached hydrogen (secondary N) is 1. The first-order valence-corrected chi connectivity index (χ1v) is 8.27. The summed E-state index contributed by atoms with van der Waals surface area (Å²) in [5.74, 6) is -0.206. The summed E-state index contributed by atoms with van der Waals surface area (Å²) in [5, 5.41) is 12.0. The number of hydrogen-bond donors (Lipinski definition) is 2. The molecule has 0 aromatic carbocycles. The van der Waals surface area contributed by atoms with Crippen LogP contribution in [0.5, 0.6) is 0 Å². The van der Waals surface area contributed by atoms with Crippen LogP contribution in [0.2, 0.25) is 0 Å². The fourth-order valence-corrected chi connectivity index (χ4v) is 3.72. The molecule has 5 nitrogen and oxygen atoms in total. The molecular formula is C16H28N2O3. The largest absolute Gasteiger partial charge is 0.481 e. The number of carbonyl (C=O) groups excluding carboxylic acids is 1. The van der Waals surface area contributed by atoms with Gasteiger partial charge in [-0.3, -0.25) is 4.79 Å². The molecule has 2 amide bonds. The van der Waals surface area contributed by atoms with E-state index in [-0.39, 0.29) is 18.0 Å². The number of urea groups is 1. The monoisotopic (exact) mass is 296 g/mol. The number of carbonyl (C=O) groups is 2. The Morgan fingerprint density at radius 2 is 1.81 bits per heavy atom. The zero-order valence-electron chi connectivity index (χ0n) is 13.2. The third-order valence-corrected chi connectivity index (χ3v) is 5.37. The van der Waals surface area contributed by atoms with E-state index < -0.39 is 5.97 Å². The molecule has 0 bridgehead atoms. The molecule has 2 rings (SSSR count). The molecule has 2 aliphatic carbocycles. The first kappa shape index (κ1) is 16.1. The number of amides is 2. The topological polar surface area (TPSA) is 69.6 Å². The summed E-state index contributed by atoms with van der Waals surface area (Å²) in [7, 11) is 1.87. The predicted octanol–water partition coefficient (Wildman–Crippen LogP) is 2.85. The molecule has 0 aromatic heterocycles. The highest BCUT2D eigenvalue weighted by molar-refractivity contribution is 5.75. The number of aliphatic carboxylic acids is 1. The molecule has 0 spiro atoms. The second-order valence-electron chi connectivity index (χ2n) is 6.69. The highest BCUT2D eigenvalue weighted by Gasteiger charge is 2.32. The molecule has 5 heteroatoms. The summed E-state index contributed by atoms with van der Waals surface area (Å²) in [4.78, 5) is 25.1. The van der Waals surface area contributed by atoms with E-state index in [0.717, 1.165) is 25.2 Å². The fourth-order valence-electron chi connectivity index (χ4n) is 3.72. The Balaban J connectivity index is 1.77. The number of nitrogens with zero attached hydrogens (tertiary/aromatic N) is 1. The van der Waals surface area contributed by atoms with E-state index in [1.165, 1.54) is 19.3 Å². The number of carboxylic acids is 1. The molecule has 120 valence electrons. The van der Waals surface area contributed by atoms with Gasteiger partial charge in [0.25, 0.3) is 0 Å². The van der Waals surface area contributed by atoms with Gasteiger partial charge in [0.05, 0.1) is 5.92 Å². The van der Waals surface area contributed by atoms with E-state index in [1.54, 1.807) is 0 Å². The third kappa shape index (κ3) is 4.11. The predicted molar refractivity (Wildman–Crippen MR) is 81.1 cm³/mol. The average Bonchev–Trinajstić information content (AvgIpc) is 2.95. The molecular weight excluding hydrogens is 268 g/mol. The molecule has 0 heterocycles. The van der Waals surface area contributed by atoms with Gasteiger partial charge in [0.1, 0.15) is 0 Å². The van der Waals surface area contributed by atoms with Crippen LogP contribution >= 0.6 is 0 Å². The van der Waals surface area contributed by atoms with E-state index in [2.05, 4.69) is 12.2 Å². The van der Waals surface area contributed by atoms with E-state index >= 15 is 0 Å². The van der Waals surface area contributed by atoms with Gasteiger partial charge in [-0.25, -0.2) is 4.79 Å². The Labute approximate surface area is 127 Å². The van der Waals surface area contributed by atoms with Crippen molar-refractivity contribution in [2.24, 2.45) is 11.8 Å². The number of rotatable bonds is 4. The molecule has 2 N–H and O–H groups in total. The van der Waals surface area contributed by atoms with Crippen molar-refractivity contribution in [1.82, 2.24) is 10.2 Å². The first-order valence-electron chi connectivity index (χ1n) is 8.27. The van der Waals surface area contributed by atoms with E-state index in [1.807, 2.05) is 11.9 Å². The lowest BCUT2D eigenvalue weighted by Crippen LogP contribution is -2.47. The maximum atomic E-state index is 12.3. The summed E-state index contributed by atoms with van der Waals surface area (Å²) in [6.45, 7) is 2.24. The maximum absolute atomic E-state index is 12.3. The average molecular weight is 296 g/mol.